The van der Waals surface area contributed by atoms with Crippen molar-refractivity contribution in [1.29, 1.82) is 0 Å². The number of aliphatic carboxylic acids is 1. The van der Waals surface area contributed by atoms with Crippen LogP contribution in [0.4, 0.5) is 4.79 Å². The van der Waals surface area contributed by atoms with E-state index >= 15 is 0 Å². The van der Waals surface area contributed by atoms with Crippen LogP contribution in [0.2, 0.25) is 0 Å². The second-order valence-electron chi connectivity index (χ2n) is 4.58. The third-order valence-electron chi connectivity index (χ3n) is 3.09. The minimum Gasteiger partial charge on any atom is -0.480 e. The smallest absolute Gasteiger partial charge is 0.326 e. The monoisotopic (exact) mass is 246 g/mol. The zero-order chi connectivity index (χ0) is 13.6. The number of amides is 2. The van der Waals surface area contributed by atoms with Gasteiger partial charge in [-0.05, 0) is 20.3 Å². The third kappa shape index (κ3) is 4.60. The van der Waals surface area contributed by atoms with E-state index in [1.807, 2.05) is 20.8 Å². The molecule has 17 heavy (non-hydrogen) atoms. The van der Waals surface area contributed by atoms with E-state index in [1.165, 1.54) is 4.90 Å². The van der Waals surface area contributed by atoms with Crippen LogP contribution in [-0.2, 0) is 4.79 Å². The summed E-state index contributed by atoms with van der Waals surface area (Å²) in [7, 11) is 1.62. The third-order valence-corrected chi connectivity index (χ3v) is 3.09. The van der Waals surface area contributed by atoms with Crippen LogP contribution < -0.4 is 5.32 Å². The predicted octanol–water partition coefficient (Wildman–Crippen LogP) is 0.652. The molecule has 0 aromatic heterocycles. The van der Waals surface area contributed by atoms with Crippen LogP contribution in [0.15, 0.2) is 0 Å². The van der Waals surface area contributed by atoms with E-state index in [2.05, 4.69) is 5.32 Å². The summed E-state index contributed by atoms with van der Waals surface area (Å²) >= 11 is 0. The highest BCUT2D eigenvalue weighted by Crippen LogP contribution is 2.16. The van der Waals surface area contributed by atoms with Gasteiger partial charge in [-0.25, -0.2) is 9.59 Å². The molecule has 0 aromatic rings. The van der Waals surface area contributed by atoms with E-state index in [0.29, 0.717) is 0 Å². The Bertz CT molecular complexity index is 279. The molecule has 0 saturated carbocycles. The van der Waals surface area contributed by atoms with Gasteiger partial charge in [0.2, 0.25) is 0 Å². The molecule has 0 aromatic carbocycles. The van der Waals surface area contributed by atoms with Gasteiger partial charge in [-0.3, -0.25) is 0 Å². The van der Waals surface area contributed by atoms with E-state index in [4.69, 9.17) is 10.2 Å². The fourth-order valence-electron chi connectivity index (χ4n) is 1.14. The molecule has 0 unspecified atom stereocenters. The van der Waals surface area contributed by atoms with Gasteiger partial charge in [-0.2, -0.15) is 0 Å². The number of hydrogen-bond acceptors (Lipinski definition) is 3. The van der Waals surface area contributed by atoms with Crippen molar-refractivity contribution in [2.24, 2.45) is 0 Å². The molecule has 0 aliphatic carbocycles. The molecule has 0 bridgehead atoms. The molecular formula is C11H22N2O4. The summed E-state index contributed by atoms with van der Waals surface area (Å²) in [6.07, 6.45) is 0.760. The largest absolute Gasteiger partial charge is 0.480 e. The SMILES string of the molecule is CCC(C)(C)N(C)C(=O)N[C@@H](CCO)C(=O)O. The quantitative estimate of drug-likeness (QED) is 0.642. The lowest BCUT2D eigenvalue weighted by Gasteiger charge is -2.35. The maximum Gasteiger partial charge on any atom is 0.326 e. The lowest BCUT2D eigenvalue weighted by Crippen LogP contribution is -2.53. The van der Waals surface area contributed by atoms with E-state index in [1.54, 1.807) is 7.05 Å². The molecule has 0 radical (unpaired) electrons. The number of carboxylic acid groups (broad SMARTS) is 1. The number of urea groups is 1. The Balaban J connectivity index is 4.56. The number of aliphatic hydroxyl groups is 1. The van der Waals surface area contributed by atoms with Crippen molar-refractivity contribution in [1.82, 2.24) is 10.2 Å². The van der Waals surface area contributed by atoms with Gasteiger partial charge in [0, 0.05) is 25.6 Å². The first-order chi connectivity index (χ1) is 7.76. The summed E-state index contributed by atoms with van der Waals surface area (Å²) in [5, 5.41) is 20.0. The fraction of sp³-hybridized carbons (Fsp3) is 0.818. The first kappa shape index (κ1) is 15.7. The minimum atomic E-state index is -1.14. The average molecular weight is 246 g/mol. The summed E-state index contributed by atoms with van der Waals surface area (Å²) < 4.78 is 0. The highest BCUT2D eigenvalue weighted by molar-refractivity contribution is 5.82. The second kappa shape index (κ2) is 6.44. The Morgan fingerprint density at radius 2 is 1.94 bits per heavy atom. The van der Waals surface area contributed by atoms with Crippen molar-refractivity contribution in [2.75, 3.05) is 13.7 Å². The summed E-state index contributed by atoms with van der Waals surface area (Å²) in [5.74, 6) is -1.14. The van der Waals surface area contributed by atoms with Gasteiger partial charge in [0.25, 0.3) is 0 Å². The Kier molecular flexibility index (Phi) is 5.95. The summed E-state index contributed by atoms with van der Waals surface area (Å²) in [5.41, 5.74) is -0.341. The van der Waals surface area contributed by atoms with Crippen LogP contribution in [0.3, 0.4) is 0 Å². The molecule has 0 aliphatic heterocycles. The van der Waals surface area contributed by atoms with Gasteiger partial charge in [0.15, 0.2) is 0 Å². The van der Waals surface area contributed by atoms with Crippen LogP contribution in [-0.4, -0.2) is 52.3 Å². The maximum atomic E-state index is 11.8. The van der Waals surface area contributed by atoms with Gasteiger partial charge in [-0.15, -0.1) is 0 Å². The molecule has 6 heteroatoms. The summed E-state index contributed by atoms with van der Waals surface area (Å²) in [4.78, 5) is 24.1. The lowest BCUT2D eigenvalue weighted by atomic mass is 10.0. The van der Waals surface area contributed by atoms with Gasteiger partial charge >= 0.3 is 12.0 Å². The van der Waals surface area contributed by atoms with Crippen molar-refractivity contribution >= 4 is 12.0 Å². The van der Waals surface area contributed by atoms with Crippen molar-refractivity contribution in [3.05, 3.63) is 0 Å². The average Bonchev–Trinajstić information content (AvgIpc) is 2.27. The lowest BCUT2D eigenvalue weighted by molar-refractivity contribution is -0.139. The number of carboxylic acids is 1. The first-order valence-electron chi connectivity index (χ1n) is 5.64. The Hall–Kier alpha value is -1.30. The molecule has 0 saturated heterocycles. The van der Waals surface area contributed by atoms with Crippen LogP contribution in [0.5, 0.6) is 0 Å². The first-order valence-corrected chi connectivity index (χ1v) is 5.64. The van der Waals surface area contributed by atoms with Crippen molar-refractivity contribution < 1.29 is 19.8 Å². The molecule has 1 atom stereocenters. The van der Waals surface area contributed by atoms with Gasteiger partial charge in [0.1, 0.15) is 6.04 Å². The predicted molar refractivity (Wildman–Crippen MR) is 63.8 cm³/mol. The number of hydrogen-bond donors (Lipinski definition) is 3. The zero-order valence-corrected chi connectivity index (χ0v) is 10.9. The van der Waals surface area contributed by atoms with Crippen molar-refractivity contribution in [3.63, 3.8) is 0 Å². The molecule has 3 N–H and O–H groups in total. The molecule has 0 rings (SSSR count). The molecule has 0 heterocycles. The highest BCUT2D eigenvalue weighted by atomic mass is 16.4. The highest BCUT2D eigenvalue weighted by Gasteiger charge is 2.28. The molecular weight excluding hydrogens is 224 g/mol. The van der Waals surface area contributed by atoms with Crippen molar-refractivity contribution in [3.8, 4) is 0 Å². The minimum absolute atomic E-state index is 0.00146. The van der Waals surface area contributed by atoms with E-state index in [-0.39, 0.29) is 18.6 Å². The molecule has 6 nitrogen and oxygen atoms in total. The number of nitrogens with one attached hydrogen (secondary N) is 1. The fourth-order valence-corrected chi connectivity index (χ4v) is 1.14. The van der Waals surface area contributed by atoms with E-state index in [0.717, 1.165) is 6.42 Å². The molecule has 100 valence electrons. The van der Waals surface area contributed by atoms with E-state index < -0.39 is 18.0 Å². The van der Waals surface area contributed by atoms with Crippen LogP contribution in [0, 0.1) is 0 Å². The van der Waals surface area contributed by atoms with Crippen LogP contribution in [0.1, 0.15) is 33.6 Å². The molecule has 2 amide bonds. The number of nitrogens with zero attached hydrogens (tertiary/aromatic N) is 1. The Morgan fingerprint density at radius 1 is 1.41 bits per heavy atom. The number of carbonyl (C=O) groups is 2. The Morgan fingerprint density at radius 3 is 2.29 bits per heavy atom. The topological polar surface area (TPSA) is 89.9 Å². The number of rotatable bonds is 6. The Labute approximate surface area is 102 Å². The summed E-state index contributed by atoms with van der Waals surface area (Å²) in [6.45, 7) is 5.47. The van der Waals surface area contributed by atoms with Gasteiger partial charge in [-0.1, -0.05) is 6.92 Å². The second-order valence-corrected chi connectivity index (χ2v) is 4.58. The standard InChI is InChI=1S/C11H22N2O4/c1-5-11(2,3)13(4)10(17)12-8(6-7-14)9(15)16/h8,14H,5-7H2,1-4H3,(H,12,17)(H,15,16)/t8-/m0/s1. The number of carbonyl (C=O) groups excluding carboxylic acids is 1. The summed E-state index contributed by atoms with van der Waals surface area (Å²) in [6, 6.07) is -1.50. The molecule has 0 aliphatic rings. The molecule has 0 spiro atoms. The number of aliphatic hydroxyl groups excluding tert-OH is 1. The normalized spacial score (nSPS) is 13.0. The van der Waals surface area contributed by atoms with Gasteiger partial charge < -0.3 is 20.4 Å². The van der Waals surface area contributed by atoms with Crippen LogP contribution >= 0.6 is 0 Å². The zero-order valence-electron chi connectivity index (χ0n) is 10.9. The maximum absolute atomic E-state index is 11.8. The molecule has 0 fully saturated rings. The van der Waals surface area contributed by atoms with E-state index in [9.17, 15) is 9.59 Å². The van der Waals surface area contributed by atoms with Crippen molar-refractivity contribution in [2.45, 2.75) is 45.2 Å². The van der Waals surface area contributed by atoms with Gasteiger partial charge in [0.05, 0.1) is 0 Å². The van der Waals surface area contributed by atoms with Crippen LogP contribution in [0.25, 0.3) is 0 Å².